The molecular weight excluding hydrogens is 390 g/mol. The Kier molecular flexibility index (Phi) is 4.47. The van der Waals surface area contributed by atoms with E-state index in [2.05, 4.69) is 37.7 Å². The Hall–Kier alpha value is -3.73. The Balaban J connectivity index is 1.44. The molecule has 0 radical (unpaired) electrons. The predicted octanol–water partition coefficient (Wildman–Crippen LogP) is 2.81. The van der Waals surface area contributed by atoms with Crippen LogP contribution in [0.25, 0.3) is 22.2 Å². The van der Waals surface area contributed by atoms with Crippen LogP contribution in [0.4, 0.5) is 5.82 Å². The number of nitrogens with zero attached hydrogens (tertiary/aromatic N) is 6. The Morgan fingerprint density at radius 3 is 2.77 bits per heavy atom. The lowest BCUT2D eigenvalue weighted by atomic mass is 9.72. The van der Waals surface area contributed by atoms with Crippen molar-refractivity contribution < 1.29 is 4.79 Å². The Morgan fingerprint density at radius 2 is 2.06 bits per heavy atom. The highest BCUT2D eigenvalue weighted by Gasteiger charge is 2.46. The minimum absolute atomic E-state index is 0.00335. The summed E-state index contributed by atoms with van der Waals surface area (Å²) in [6.07, 6.45) is 6.63. The van der Waals surface area contributed by atoms with Gasteiger partial charge in [-0.05, 0) is 31.4 Å². The first-order valence-electron chi connectivity index (χ1n) is 10.4. The largest absolute Gasteiger partial charge is 0.355 e. The van der Waals surface area contributed by atoms with E-state index in [-0.39, 0.29) is 11.3 Å². The molecule has 0 aliphatic carbocycles. The minimum Gasteiger partial charge on any atom is -0.355 e. The molecule has 5 rings (SSSR count). The van der Waals surface area contributed by atoms with Crippen LogP contribution in [0.5, 0.6) is 0 Å². The molecule has 1 N–H and O–H groups in total. The molecular formula is C23H23N7O. The van der Waals surface area contributed by atoms with Crippen molar-refractivity contribution in [3.63, 3.8) is 0 Å². The first-order chi connectivity index (χ1) is 15.0. The van der Waals surface area contributed by atoms with Gasteiger partial charge in [0.05, 0.1) is 17.4 Å². The zero-order valence-electron chi connectivity index (χ0n) is 17.4. The summed E-state index contributed by atoms with van der Waals surface area (Å²) in [6, 6.07) is 6.39. The van der Waals surface area contributed by atoms with Crippen molar-refractivity contribution in [1.29, 1.82) is 5.26 Å². The number of H-pyrrole nitrogens is 1. The van der Waals surface area contributed by atoms with E-state index in [0.29, 0.717) is 17.1 Å². The van der Waals surface area contributed by atoms with Gasteiger partial charge >= 0.3 is 0 Å². The van der Waals surface area contributed by atoms with Crippen molar-refractivity contribution in [1.82, 2.24) is 25.1 Å². The predicted molar refractivity (Wildman–Crippen MR) is 117 cm³/mol. The van der Waals surface area contributed by atoms with Gasteiger partial charge in [-0.15, -0.1) is 0 Å². The fraction of sp³-hybridized carbons (Fsp3) is 0.348. The van der Waals surface area contributed by atoms with Crippen LogP contribution >= 0.6 is 0 Å². The van der Waals surface area contributed by atoms with Crippen LogP contribution in [0.2, 0.25) is 0 Å². The molecule has 2 fully saturated rings. The second kappa shape index (κ2) is 7.20. The first-order valence-corrected chi connectivity index (χ1v) is 10.4. The summed E-state index contributed by atoms with van der Waals surface area (Å²) >= 11 is 0. The number of carbonyl (C=O) groups is 1. The number of amides is 1. The number of nitrogens with one attached hydrogen (secondary N) is 1. The monoisotopic (exact) mass is 413 g/mol. The van der Waals surface area contributed by atoms with Gasteiger partial charge in [0.25, 0.3) is 0 Å². The van der Waals surface area contributed by atoms with Crippen molar-refractivity contribution in [3.05, 3.63) is 48.4 Å². The minimum atomic E-state index is 0.00335. The number of aromatic amines is 1. The van der Waals surface area contributed by atoms with E-state index in [0.717, 1.165) is 61.1 Å². The van der Waals surface area contributed by atoms with Gasteiger partial charge in [-0.25, -0.2) is 9.97 Å². The highest BCUT2D eigenvalue weighted by Crippen LogP contribution is 2.42. The molecule has 0 atom stereocenters. The summed E-state index contributed by atoms with van der Waals surface area (Å²) in [7, 11) is 0. The summed E-state index contributed by atoms with van der Waals surface area (Å²) < 4.78 is 0. The van der Waals surface area contributed by atoms with Crippen LogP contribution in [0, 0.1) is 23.7 Å². The van der Waals surface area contributed by atoms with E-state index in [1.165, 1.54) is 6.08 Å². The smallest absolute Gasteiger partial charge is 0.245 e. The molecule has 8 nitrogen and oxygen atoms in total. The van der Waals surface area contributed by atoms with Crippen LogP contribution in [0.15, 0.2) is 37.3 Å². The number of aromatic nitrogens is 4. The molecule has 2 aromatic heterocycles. The molecule has 2 aliphatic rings. The van der Waals surface area contributed by atoms with Crippen LogP contribution in [-0.4, -0.2) is 57.2 Å². The SMILES string of the molecule is C=CC(=O)N1CC2(CCN(c3ncnc(-c4c(C)ccc5cn[nH]c45)c3C#N)CC2)C1. The van der Waals surface area contributed by atoms with Crippen molar-refractivity contribution in [2.24, 2.45) is 5.41 Å². The number of anilines is 1. The van der Waals surface area contributed by atoms with E-state index in [4.69, 9.17) is 0 Å². The molecule has 1 amide bonds. The van der Waals surface area contributed by atoms with Crippen LogP contribution in [0.1, 0.15) is 24.0 Å². The average molecular weight is 413 g/mol. The Morgan fingerprint density at radius 1 is 1.29 bits per heavy atom. The molecule has 156 valence electrons. The topological polar surface area (TPSA) is 102 Å². The number of likely N-dealkylation sites (tertiary alicyclic amines) is 1. The van der Waals surface area contributed by atoms with E-state index < -0.39 is 0 Å². The number of piperidine rings is 1. The third kappa shape index (κ3) is 3.05. The maximum absolute atomic E-state index is 11.8. The maximum Gasteiger partial charge on any atom is 0.245 e. The van der Waals surface area contributed by atoms with Crippen molar-refractivity contribution in [3.8, 4) is 17.3 Å². The van der Waals surface area contributed by atoms with Gasteiger partial charge < -0.3 is 9.80 Å². The molecule has 0 saturated carbocycles. The number of aryl methyl sites for hydroxylation is 1. The van der Waals surface area contributed by atoms with Crippen LogP contribution in [-0.2, 0) is 4.79 Å². The molecule has 8 heteroatoms. The number of carbonyl (C=O) groups excluding carboxylic acids is 1. The zero-order chi connectivity index (χ0) is 21.6. The third-order valence-corrected chi connectivity index (χ3v) is 6.66. The van der Waals surface area contributed by atoms with Gasteiger partial charge in [-0.3, -0.25) is 9.89 Å². The second-order valence-corrected chi connectivity index (χ2v) is 8.51. The molecule has 2 saturated heterocycles. The van der Waals surface area contributed by atoms with E-state index in [9.17, 15) is 10.1 Å². The second-order valence-electron chi connectivity index (χ2n) is 8.51. The van der Waals surface area contributed by atoms with E-state index >= 15 is 0 Å². The van der Waals surface area contributed by atoms with E-state index in [1.807, 2.05) is 24.0 Å². The highest BCUT2D eigenvalue weighted by molar-refractivity contribution is 5.96. The number of hydrogen-bond acceptors (Lipinski definition) is 6. The third-order valence-electron chi connectivity index (χ3n) is 6.66. The van der Waals surface area contributed by atoms with Crippen molar-refractivity contribution >= 4 is 22.6 Å². The average Bonchev–Trinajstić information content (AvgIpc) is 3.25. The molecule has 3 aromatic rings. The Bertz CT molecular complexity index is 1220. The first kappa shape index (κ1) is 19.2. The van der Waals surface area contributed by atoms with Crippen molar-refractivity contribution in [2.45, 2.75) is 19.8 Å². The standard InChI is InChI=1S/C23H23N7O/c1-3-18(31)30-12-23(13-30)6-8-29(9-7-23)22-17(10-24)21(25-14-26-22)19-15(2)4-5-16-11-27-28-20(16)19/h3-5,11,14H,1,6-9,12-13H2,2H3,(H,27,28). The molecule has 2 aliphatic heterocycles. The molecule has 0 unspecified atom stereocenters. The lowest BCUT2D eigenvalue weighted by Gasteiger charge is -2.53. The highest BCUT2D eigenvalue weighted by atomic mass is 16.2. The molecule has 4 heterocycles. The summed E-state index contributed by atoms with van der Waals surface area (Å²) in [5.41, 5.74) is 4.08. The lowest BCUT2D eigenvalue weighted by Crippen LogP contribution is -2.61. The molecule has 31 heavy (non-hydrogen) atoms. The summed E-state index contributed by atoms with van der Waals surface area (Å²) in [6.45, 7) is 8.75. The van der Waals surface area contributed by atoms with E-state index in [1.54, 1.807) is 12.5 Å². The van der Waals surface area contributed by atoms with Gasteiger partial charge in [0.2, 0.25) is 5.91 Å². The summed E-state index contributed by atoms with van der Waals surface area (Å²) in [5, 5.41) is 18.2. The fourth-order valence-corrected chi connectivity index (χ4v) is 4.89. The van der Waals surface area contributed by atoms with Gasteiger partial charge in [-0.2, -0.15) is 10.4 Å². The van der Waals surface area contributed by atoms with Gasteiger partial charge in [0.1, 0.15) is 18.0 Å². The maximum atomic E-state index is 11.8. The number of hydrogen-bond donors (Lipinski definition) is 1. The van der Waals surface area contributed by atoms with Crippen LogP contribution < -0.4 is 4.90 Å². The molecule has 1 spiro atoms. The van der Waals surface area contributed by atoms with Crippen molar-refractivity contribution in [2.75, 3.05) is 31.1 Å². The zero-order valence-corrected chi connectivity index (χ0v) is 17.4. The fourth-order valence-electron chi connectivity index (χ4n) is 4.89. The number of benzene rings is 1. The summed E-state index contributed by atoms with van der Waals surface area (Å²) in [5.74, 6) is 0.681. The Labute approximate surface area is 180 Å². The lowest BCUT2D eigenvalue weighted by molar-refractivity contribution is -0.139. The van der Waals surface area contributed by atoms with Crippen LogP contribution in [0.3, 0.4) is 0 Å². The number of rotatable bonds is 3. The summed E-state index contributed by atoms with van der Waals surface area (Å²) in [4.78, 5) is 24.8. The normalized spacial score (nSPS) is 17.4. The molecule has 0 bridgehead atoms. The molecule has 1 aromatic carbocycles. The van der Waals surface area contributed by atoms with Gasteiger partial charge in [0, 0.05) is 42.5 Å². The van der Waals surface area contributed by atoms with Gasteiger partial charge in [-0.1, -0.05) is 18.7 Å². The number of fused-ring (bicyclic) bond motifs is 1. The van der Waals surface area contributed by atoms with Gasteiger partial charge in [0.15, 0.2) is 5.82 Å². The number of nitriles is 1. The quantitative estimate of drug-likeness (QED) is 0.663.